The highest BCUT2D eigenvalue weighted by Gasteiger charge is 2.35. The third-order valence-electron chi connectivity index (χ3n) is 14.4. The number of hydrogen-bond donors (Lipinski definition) is 21. The van der Waals surface area contributed by atoms with Crippen molar-refractivity contribution in [3.8, 4) is 0 Å². The lowest BCUT2D eigenvalue weighted by Gasteiger charge is -2.25. The first kappa shape index (κ1) is 82.0. The van der Waals surface area contributed by atoms with Crippen LogP contribution in [0.25, 0.3) is 0 Å². The van der Waals surface area contributed by atoms with E-state index < -0.39 is 169 Å². The average Bonchev–Trinajstić information content (AvgIpc) is 1.98. The lowest BCUT2D eigenvalue weighted by molar-refractivity contribution is -0.141. The summed E-state index contributed by atoms with van der Waals surface area (Å²) in [6.07, 6.45) is -3.29. The summed E-state index contributed by atoms with van der Waals surface area (Å²) in [4.78, 5) is 193. The van der Waals surface area contributed by atoms with Gasteiger partial charge in [-0.2, -0.15) is 0 Å². The van der Waals surface area contributed by atoms with Gasteiger partial charge in [-0.05, 0) is 83.5 Å². The molecule has 12 amide bonds. The van der Waals surface area contributed by atoms with Crippen LogP contribution in [-0.4, -0.2) is 243 Å². The second kappa shape index (κ2) is 46.1. The van der Waals surface area contributed by atoms with Crippen LogP contribution in [0.5, 0.6) is 0 Å². The van der Waals surface area contributed by atoms with Gasteiger partial charge in [-0.15, -0.1) is 0 Å². The normalized spacial score (nSPS) is 22.3. The smallest absolute Gasteiger partial charge is 0.305 e. The van der Waals surface area contributed by atoms with E-state index in [-0.39, 0.29) is 154 Å². The predicted molar refractivity (Wildman–Crippen MR) is 338 cm³/mol. The van der Waals surface area contributed by atoms with Crippen molar-refractivity contribution in [2.24, 2.45) is 38.7 Å². The number of guanidine groups is 2. The first-order valence-electron chi connectivity index (χ1n) is 31.5. The molecule has 10 atom stereocenters. The number of aliphatic imine (C=N–C) groups is 2. The molecule has 0 aromatic carbocycles. The van der Waals surface area contributed by atoms with Gasteiger partial charge in [0.05, 0.1) is 58.4 Å². The Bertz CT molecular complexity index is 2630. The molecule has 0 aromatic heterocycles. The highest BCUT2D eigenvalue weighted by molar-refractivity contribution is 5.99. The van der Waals surface area contributed by atoms with Gasteiger partial charge < -0.3 is 117 Å². The lowest BCUT2D eigenvalue weighted by atomic mass is 10.0. The third kappa shape index (κ3) is 35.1. The van der Waals surface area contributed by atoms with Crippen molar-refractivity contribution in [3.63, 3.8) is 0 Å². The van der Waals surface area contributed by atoms with Crippen molar-refractivity contribution in [1.29, 1.82) is 0 Å². The summed E-state index contributed by atoms with van der Waals surface area (Å²) >= 11 is 0. The Labute approximate surface area is 548 Å². The molecule has 0 saturated carbocycles. The Morgan fingerprint density at radius 2 is 0.947 bits per heavy atom. The average molecular weight is 1360 g/mol. The van der Waals surface area contributed by atoms with Gasteiger partial charge in [0.2, 0.25) is 70.9 Å². The molecule has 2 heterocycles. The van der Waals surface area contributed by atoms with Crippen molar-refractivity contribution >= 4 is 94.7 Å². The maximum atomic E-state index is 14.0. The van der Waals surface area contributed by atoms with E-state index in [9.17, 15) is 82.4 Å². The van der Waals surface area contributed by atoms with Gasteiger partial charge in [0, 0.05) is 45.6 Å². The van der Waals surface area contributed by atoms with Crippen molar-refractivity contribution in [3.05, 3.63) is 0 Å². The van der Waals surface area contributed by atoms with E-state index in [0.29, 0.717) is 13.2 Å². The van der Waals surface area contributed by atoms with Crippen molar-refractivity contribution in [1.82, 2.24) is 69.1 Å². The number of aliphatic hydroxyl groups is 1. The molecular formula is C56H98N20O19. The van der Waals surface area contributed by atoms with Crippen molar-refractivity contribution in [2.75, 3.05) is 72.2 Å². The van der Waals surface area contributed by atoms with Crippen LogP contribution in [0, 0.1) is 0 Å². The Morgan fingerprint density at radius 3 is 1.44 bits per heavy atom. The van der Waals surface area contributed by atoms with Crippen LogP contribution in [-0.2, 0) is 76.6 Å². The second-order valence-corrected chi connectivity index (χ2v) is 22.1. The van der Waals surface area contributed by atoms with Crippen molar-refractivity contribution in [2.45, 2.75) is 184 Å². The molecule has 536 valence electrons. The molecule has 0 spiro atoms. The van der Waals surface area contributed by atoms with Crippen LogP contribution in [0.1, 0.15) is 123 Å². The minimum Gasteiger partial charge on any atom is -0.481 e. The monoisotopic (exact) mass is 1350 g/mol. The summed E-state index contributed by atoms with van der Waals surface area (Å²) in [6, 6.07) is -12.3. The molecule has 95 heavy (non-hydrogen) atoms. The number of aliphatic carboxylic acids is 2. The molecule has 0 radical (unpaired) electrons. The zero-order chi connectivity index (χ0) is 70.8. The molecule has 39 heteroatoms. The molecule has 2 aliphatic rings. The Balaban J connectivity index is 2.28. The highest BCUT2D eigenvalue weighted by Crippen LogP contribution is 2.11. The first-order chi connectivity index (χ1) is 45.2. The van der Waals surface area contributed by atoms with E-state index in [1.807, 2.05) is 0 Å². The number of carbonyl (C=O) groups is 14. The number of β-amino-alcohol motifs (C(OH)–C–C–N with tert-alkyl or cyclic N) is 1. The van der Waals surface area contributed by atoms with Gasteiger partial charge in [0.25, 0.3) is 0 Å². The lowest BCUT2D eigenvalue weighted by Crippen LogP contribution is -2.57. The molecule has 0 bridgehead atoms. The maximum Gasteiger partial charge on any atom is 0.305 e. The molecule has 39 nitrogen and oxygen atoms in total. The van der Waals surface area contributed by atoms with Gasteiger partial charge in [-0.1, -0.05) is 13.8 Å². The first-order valence-corrected chi connectivity index (χ1v) is 31.5. The van der Waals surface area contributed by atoms with E-state index in [4.69, 9.17) is 38.1 Å². The molecular weight excluding hydrogens is 1260 g/mol. The van der Waals surface area contributed by atoms with Gasteiger partial charge in [0.15, 0.2) is 11.9 Å². The Hall–Kier alpha value is -9.08. The topological polar surface area (TPSA) is 629 Å². The summed E-state index contributed by atoms with van der Waals surface area (Å²) in [5.74, 6) is -13.0. The SMILES string of the molecule is CC[C@H]1NC(=O)[C@H](CC(=O)O)NC(=O)CNC(=O)[C@H](CCCN=C(N)N)NC(=O)C(CCCCNC(=O)[C@H](CCC(=O)NCCCC[C@@H]2NC(=O)[C@@H](CC)NC(=O)[C@H](CC(=O)O)N[C@H](O)CNC(=O)[C@H](CCCN=C(N)N)NC2=O)NC(=O)CCOCCOCCN)NC1=O. The van der Waals surface area contributed by atoms with Crippen LogP contribution in [0.3, 0.4) is 0 Å². The summed E-state index contributed by atoms with van der Waals surface area (Å²) in [5.41, 5.74) is 27.2. The fourth-order valence-electron chi connectivity index (χ4n) is 9.33. The molecule has 0 aliphatic carbocycles. The standard InChI is InChI=1S/C56H98N20O19/c1-3-31-49(88)75-35(51(90)73-33(13-9-21-64-55(58)59)47(86)66-29-42(79)69-38(27-44(81)82)53(92)71-31)11-5-7-19-62-40(77)16-15-37(68-41(78)17-23-94-25-26-95-24-18-57)46(85)63-20-8-6-12-36-52(91)74-34(14-10-22-65-56(60)61)48(87)67-30-43(80)70-39(28-45(83)84)54(93)72-32(4-2)50(89)76-36/h31-39,42,69,79H,3-30,57H2,1-2H3,(H,62,77)(H,63,85)(H,66,86)(H,67,87)(H,68,78)(H,70,80)(H,71,92)(H,72,93)(H,73,90)(H,74,91)(H,75,88)(H,76,89)(H,81,82)(H,83,84)(H4,58,59,64)(H4,60,61,65)/t31-,32-,33+,34+,35+,36?,37+,38+,39+,42-/m1/s1. The zero-order valence-corrected chi connectivity index (χ0v) is 53.7. The predicted octanol–water partition coefficient (Wildman–Crippen LogP) is -8.99. The Morgan fingerprint density at radius 1 is 0.516 bits per heavy atom. The summed E-state index contributed by atoms with van der Waals surface area (Å²) in [5, 5.41) is 62.4. The van der Waals surface area contributed by atoms with Crippen molar-refractivity contribution < 1.29 is 91.9 Å². The number of carbonyl (C=O) groups excluding carboxylic acids is 12. The van der Waals surface area contributed by atoms with Gasteiger partial charge in [-0.25, -0.2) is 0 Å². The number of amides is 12. The molecule has 0 aromatic rings. The summed E-state index contributed by atoms with van der Waals surface area (Å²) in [7, 11) is 0. The minimum atomic E-state index is -1.66. The second-order valence-electron chi connectivity index (χ2n) is 22.1. The zero-order valence-electron chi connectivity index (χ0n) is 53.7. The van der Waals surface area contributed by atoms with Crippen LogP contribution in [0.15, 0.2) is 9.98 Å². The van der Waals surface area contributed by atoms with Crippen LogP contribution in [0.4, 0.5) is 0 Å². The molecule has 2 fully saturated rings. The number of ether oxygens (including phenoxy) is 2. The number of nitrogens with zero attached hydrogens (tertiary/aromatic N) is 2. The molecule has 1 unspecified atom stereocenters. The molecule has 2 saturated heterocycles. The quantitative estimate of drug-likeness (QED) is 0.0156. The van der Waals surface area contributed by atoms with Gasteiger partial charge >= 0.3 is 11.9 Å². The number of hydrogen-bond acceptors (Lipinski definition) is 21. The van der Waals surface area contributed by atoms with E-state index in [1.54, 1.807) is 6.92 Å². The molecule has 26 N–H and O–H groups in total. The van der Waals surface area contributed by atoms with E-state index in [0.717, 1.165) is 0 Å². The molecule has 2 aliphatic heterocycles. The van der Waals surface area contributed by atoms with E-state index in [1.165, 1.54) is 6.92 Å². The van der Waals surface area contributed by atoms with Crippen LogP contribution >= 0.6 is 0 Å². The maximum absolute atomic E-state index is 14.0. The van der Waals surface area contributed by atoms with Crippen LogP contribution < -0.4 is 97.8 Å². The number of nitrogens with two attached hydrogens (primary N) is 5. The fourth-order valence-corrected chi connectivity index (χ4v) is 9.33. The van der Waals surface area contributed by atoms with Gasteiger partial charge in [-0.3, -0.25) is 82.4 Å². The number of aliphatic hydroxyl groups excluding tert-OH is 1. The number of nitrogens with one attached hydrogen (secondary N) is 13. The fraction of sp³-hybridized carbons (Fsp3) is 0.714. The van der Waals surface area contributed by atoms with Crippen LogP contribution in [0.2, 0.25) is 0 Å². The number of unbranched alkanes of at least 4 members (excludes halogenated alkanes) is 2. The highest BCUT2D eigenvalue weighted by atomic mass is 16.5. The largest absolute Gasteiger partial charge is 0.481 e. The Kier molecular flexibility index (Phi) is 39.8. The van der Waals surface area contributed by atoms with E-state index >= 15 is 0 Å². The minimum absolute atomic E-state index is 0.0147. The third-order valence-corrected chi connectivity index (χ3v) is 14.4. The summed E-state index contributed by atoms with van der Waals surface area (Å²) in [6.45, 7) is 2.83. The van der Waals surface area contributed by atoms with E-state index in [2.05, 4.69) is 79.1 Å². The number of rotatable bonds is 37. The molecule has 2 rings (SSSR count). The number of carboxylic acid groups (broad SMARTS) is 2. The summed E-state index contributed by atoms with van der Waals surface area (Å²) < 4.78 is 10.7. The van der Waals surface area contributed by atoms with Gasteiger partial charge in [0.1, 0.15) is 54.6 Å². The number of carboxylic acids is 2.